The normalized spacial score (nSPS) is 10.7. The molecular formula is C20H20N2O3. The second-order valence-corrected chi connectivity index (χ2v) is 5.90. The molecule has 0 radical (unpaired) electrons. The zero-order chi connectivity index (χ0) is 18.0. The number of methoxy groups -OCH3 is 1. The first-order valence-corrected chi connectivity index (χ1v) is 8.02. The lowest BCUT2D eigenvalue weighted by Gasteiger charge is -2.06. The maximum atomic E-state index is 12.7. The summed E-state index contributed by atoms with van der Waals surface area (Å²) in [5.41, 5.74) is 3.08. The molecule has 1 aromatic heterocycles. The molecular weight excluding hydrogens is 316 g/mol. The van der Waals surface area contributed by atoms with E-state index < -0.39 is 11.7 Å². The summed E-state index contributed by atoms with van der Waals surface area (Å²) in [6.45, 7) is 2.14. The van der Waals surface area contributed by atoms with Crippen LogP contribution in [0.1, 0.15) is 21.6 Å². The highest BCUT2D eigenvalue weighted by molar-refractivity contribution is 6.45. The maximum Gasteiger partial charge on any atom is 0.292 e. The van der Waals surface area contributed by atoms with Gasteiger partial charge in [0, 0.05) is 30.2 Å². The molecule has 25 heavy (non-hydrogen) atoms. The molecule has 128 valence electrons. The van der Waals surface area contributed by atoms with Gasteiger partial charge < -0.3 is 14.6 Å². The van der Waals surface area contributed by atoms with Crippen LogP contribution in [-0.4, -0.2) is 23.4 Å². The summed E-state index contributed by atoms with van der Waals surface area (Å²) in [5.74, 6) is -0.365. The minimum Gasteiger partial charge on any atom is -0.497 e. The fraction of sp³-hybridized carbons (Fsp3) is 0.200. The Kier molecular flexibility index (Phi) is 4.57. The number of nitrogens with one attached hydrogen (secondary N) is 1. The second kappa shape index (κ2) is 6.81. The molecule has 0 saturated carbocycles. The third-order valence-electron chi connectivity index (χ3n) is 4.45. The predicted octanol–water partition coefficient (Wildman–Crippen LogP) is 2.99. The summed E-state index contributed by atoms with van der Waals surface area (Å²) in [4.78, 5) is 25.0. The molecule has 1 heterocycles. The Morgan fingerprint density at radius 1 is 1.08 bits per heavy atom. The molecule has 1 N–H and O–H groups in total. The van der Waals surface area contributed by atoms with Crippen LogP contribution in [0, 0.1) is 6.92 Å². The summed E-state index contributed by atoms with van der Waals surface area (Å²) in [7, 11) is 3.49. The van der Waals surface area contributed by atoms with Crippen LogP contribution in [0.5, 0.6) is 5.75 Å². The molecule has 0 saturated heterocycles. The van der Waals surface area contributed by atoms with E-state index in [-0.39, 0.29) is 0 Å². The molecule has 0 unspecified atom stereocenters. The summed E-state index contributed by atoms with van der Waals surface area (Å²) in [6.07, 6.45) is 0. The Morgan fingerprint density at radius 2 is 1.76 bits per heavy atom. The summed E-state index contributed by atoms with van der Waals surface area (Å²) in [6, 6.07) is 14.9. The standard InChI is InChI=1S/C20H20N2O3/c1-13-18(16-6-4-5-7-17(16)22(13)2)19(23)20(24)21-12-14-8-10-15(25-3)11-9-14/h4-11H,12H2,1-3H3,(H,21,24). The van der Waals surface area contributed by atoms with E-state index in [1.54, 1.807) is 7.11 Å². The number of benzene rings is 2. The van der Waals surface area contributed by atoms with E-state index in [2.05, 4.69) is 5.32 Å². The number of carbonyl (C=O) groups excluding carboxylic acids is 2. The minimum absolute atomic E-state index is 0.290. The highest BCUT2D eigenvalue weighted by Crippen LogP contribution is 2.25. The molecule has 0 aliphatic carbocycles. The fourth-order valence-corrected chi connectivity index (χ4v) is 2.93. The Bertz CT molecular complexity index is 939. The van der Waals surface area contributed by atoms with Gasteiger partial charge in [-0.1, -0.05) is 30.3 Å². The summed E-state index contributed by atoms with van der Waals surface area (Å²) in [5, 5.41) is 3.50. The van der Waals surface area contributed by atoms with Gasteiger partial charge in [-0.25, -0.2) is 0 Å². The van der Waals surface area contributed by atoms with Crippen molar-refractivity contribution < 1.29 is 14.3 Å². The molecule has 5 heteroatoms. The Balaban J connectivity index is 1.79. The number of ketones is 1. The first kappa shape index (κ1) is 16.8. The Hall–Kier alpha value is -3.08. The molecule has 5 nitrogen and oxygen atoms in total. The molecule has 0 atom stereocenters. The van der Waals surface area contributed by atoms with E-state index in [0.29, 0.717) is 12.1 Å². The van der Waals surface area contributed by atoms with E-state index in [1.165, 1.54) is 0 Å². The molecule has 0 fully saturated rings. The number of rotatable bonds is 5. The number of nitrogens with zero attached hydrogens (tertiary/aromatic N) is 1. The van der Waals surface area contributed by atoms with Crippen LogP contribution in [0.2, 0.25) is 0 Å². The Morgan fingerprint density at radius 3 is 2.44 bits per heavy atom. The monoisotopic (exact) mass is 336 g/mol. The molecule has 3 rings (SSSR count). The average Bonchev–Trinajstić information content (AvgIpc) is 2.90. The van der Waals surface area contributed by atoms with Crippen molar-refractivity contribution in [2.75, 3.05) is 7.11 Å². The van der Waals surface area contributed by atoms with Gasteiger partial charge in [0.05, 0.1) is 12.7 Å². The van der Waals surface area contributed by atoms with Gasteiger partial charge in [0.15, 0.2) is 0 Å². The average molecular weight is 336 g/mol. The van der Waals surface area contributed by atoms with E-state index in [0.717, 1.165) is 27.9 Å². The van der Waals surface area contributed by atoms with Crippen molar-refractivity contribution in [3.8, 4) is 5.75 Å². The topological polar surface area (TPSA) is 60.3 Å². The van der Waals surface area contributed by atoms with Gasteiger partial charge in [-0.05, 0) is 30.7 Å². The van der Waals surface area contributed by atoms with E-state index in [4.69, 9.17) is 4.74 Å². The number of para-hydroxylation sites is 1. The van der Waals surface area contributed by atoms with Crippen LogP contribution in [0.4, 0.5) is 0 Å². The van der Waals surface area contributed by atoms with Crippen LogP contribution in [0.15, 0.2) is 48.5 Å². The van der Waals surface area contributed by atoms with Crippen molar-refractivity contribution in [3.63, 3.8) is 0 Å². The van der Waals surface area contributed by atoms with E-state index in [9.17, 15) is 9.59 Å². The first-order chi connectivity index (χ1) is 12.0. The number of aryl methyl sites for hydroxylation is 1. The number of carbonyl (C=O) groups is 2. The number of fused-ring (bicyclic) bond motifs is 1. The predicted molar refractivity (Wildman–Crippen MR) is 96.8 cm³/mol. The number of ether oxygens (including phenoxy) is 1. The number of hydrogen-bond donors (Lipinski definition) is 1. The highest BCUT2D eigenvalue weighted by Gasteiger charge is 2.23. The second-order valence-electron chi connectivity index (χ2n) is 5.90. The SMILES string of the molecule is COc1ccc(CNC(=O)C(=O)c2c(C)n(C)c3ccccc23)cc1. The Labute approximate surface area is 146 Å². The zero-order valence-corrected chi connectivity index (χ0v) is 14.5. The number of aromatic nitrogens is 1. The number of amides is 1. The van der Waals surface area contributed by atoms with Crippen LogP contribution in [0.3, 0.4) is 0 Å². The van der Waals surface area contributed by atoms with Crippen LogP contribution >= 0.6 is 0 Å². The smallest absolute Gasteiger partial charge is 0.292 e. The fourth-order valence-electron chi connectivity index (χ4n) is 2.93. The summed E-state index contributed by atoms with van der Waals surface area (Å²) < 4.78 is 7.03. The molecule has 0 aliphatic heterocycles. The minimum atomic E-state index is -0.602. The van der Waals surface area contributed by atoms with Crippen LogP contribution in [0.25, 0.3) is 10.9 Å². The zero-order valence-electron chi connectivity index (χ0n) is 14.5. The molecule has 0 spiro atoms. The maximum absolute atomic E-state index is 12.7. The summed E-state index contributed by atoms with van der Waals surface area (Å²) >= 11 is 0. The lowest BCUT2D eigenvalue weighted by atomic mass is 10.1. The quantitative estimate of drug-likeness (QED) is 0.575. The molecule has 2 aromatic carbocycles. The number of Topliss-reactive ketones (excluding diaryl/α,β-unsaturated/α-hetero) is 1. The first-order valence-electron chi connectivity index (χ1n) is 8.02. The van der Waals surface area contributed by atoms with Crippen LogP contribution in [-0.2, 0) is 18.4 Å². The largest absolute Gasteiger partial charge is 0.497 e. The molecule has 0 aliphatic rings. The van der Waals surface area contributed by atoms with Crippen molar-refractivity contribution in [1.82, 2.24) is 9.88 Å². The lowest BCUT2D eigenvalue weighted by molar-refractivity contribution is -0.117. The van der Waals surface area contributed by atoms with Gasteiger partial charge >= 0.3 is 0 Å². The van der Waals surface area contributed by atoms with Crippen molar-refractivity contribution in [3.05, 3.63) is 65.4 Å². The van der Waals surface area contributed by atoms with Crippen molar-refractivity contribution >= 4 is 22.6 Å². The lowest BCUT2D eigenvalue weighted by Crippen LogP contribution is -2.31. The number of hydrogen-bond acceptors (Lipinski definition) is 3. The molecule has 0 bridgehead atoms. The highest BCUT2D eigenvalue weighted by atomic mass is 16.5. The van der Waals surface area contributed by atoms with Crippen molar-refractivity contribution in [2.45, 2.75) is 13.5 Å². The van der Waals surface area contributed by atoms with Gasteiger partial charge in [0.2, 0.25) is 0 Å². The molecule has 3 aromatic rings. The third kappa shape index (κ3) is 3.13. The van der Waals surface area contributed by atoms with Gasteiger partial charge in [0.25, 0.3) is 11.7 Å². The van der Waals surface area contributed by atoms with E-state index >= 15 is 0 Å². The van der Waals surface area contributed by atoms with Crippen LogP contribution < -0.4 is 10.1 Å². The molecule has 1 amide bonds. The third-order valence-corrected chi connectivity index (χ3v) is 4.45. The van der Waals surface area contributed by atoms with Gasteiger partial charge in [0.1, 0.15) is 5.75 Å². The van der Waals surface area contributed by atoms with Crippen molar-refractivity contribution in [1.29, 1.82) is 0 Å². The van der Waals surface area contributed by atoms with Crippen molar-refractivity contribution in [2.24, 2.45) is 7.05 Å². The van der Waals surface area contributed by atoms with Gasteiger partial charge in [-0.2, -0.15) is 0 Å². The van der Waals surface area contributed by atoms with E-state index in [1.807, 2.05) is 67.1 Å². The van der Waals surface area contributed by atoms with Gasteiger partial charge in [-0.15, -0.1) is 0 Å². The van der Waals surface area contributed by atoms with Gasteiger partial charge in [-0.3, -0.25) is 9.59 Å².